The van der Waals surface area contributed by atoms with Crippen molar-refractivity contribution in [2.24, 2.45) is 5.92 Å². The third-order valence-corrected chi connectivity index (χ3v) is 4.79. The van der Waals surface area contributed by atoms with Crippen LogP contribution in [0.2, 0.25) is 5.02 Å². The predicted octanol–water partition coefficient (Wildman–Crippen LogP) is 3.11. The second-order valence-corrected chi connectivity index (χ2v) is 6.67. The zero-order chi connectivity index (χ0) is 16.8. The fourth-order valence-electron chi connectivity index (χ4n) is 3.17. The van der Waals surface area contributed by atoms with Crippen LogP contribution in [0.1, 0.15) is 25.7 Å². The highest BCUT2D eigenvalue weighted by atomic mass is 35.5. The number of carbonyl (C=O) groups excluding carboxylic acids is 1. The number of amides is 1. The van der Waals surface area contributed by atoms with E-state index in [2.05, 4.69) is 0 Å². The van der Waals surface area contributed by atoms with Gasteiger partial charge in [-0.25, -0.2) is 0 Å². The van der Waals surface area contributed by atoms with Crippen molar-refractivity contribution in [3.8, 4) is 5.75 Å². The van der Waals surface area contributed by atoms with Crippen LogP contribution >= 0.6 is 11.6 Å². The van der Waals surface area contributed by atoms with E-state index in [9.17, 15) is 4.79 Å². The summed E-state index contributed by atoms with van der Waals surface area (Å²) in [7, 11) is 0. The van der Waals surface area contributed by atoms with Crippen LogP contribution in [-0.2, 0) is 14.3 Å². The average Bonchev–Trinajstić information content (AvgIpc) is 3.15. The Balaban J connectivity index is 1.31. The van der Waals surface area contributed by atoms with Gasteiger partial charge >= 0.3 is 0 Å². The van der Waals surface area contributed by atoms with Crippen molar-refractivity contribution in [2.45, 2.75) is 32.0 Å². The van der Waals surface area contributed by atoms with E-state index in [1.54, 1.807) is 12.1 Å². The van der Waals surface area contributed by atoms with Crippen LogP contribution in [0.5, 0.6) is 5.75 Å². The van der Waals surface area contributed by atoms with Gasteiger partial charge < -0.3 is 19.1 Å². The van der Waals surface area contributed by atoms with Crippen LogP contribution in [0.25, 0.3) is 0 Å². The van der Waals surface area contributed by atoms with Crippen molar-refractivity contribution in [3.63, 3.8) is 0 Å². The molecule has 0 aromatic heterocycles. The Bertz CT molecular complexity index is 522. The molecule has 0 radical (unpaired) electrons. The Morgan fingerprint density at radius 1 is 1.17 bits per heavy atom. The molecule has 2 saturated heterocycles. The summed E-state index contributed by atoms with van der Waals surface area (Å²) in [4.78, 5) is 14.2. The van der Waals surface area contributed by atoms with Crippen LogP contribution in [-0.4, -0.2) is 50.0 Å². The highest BCUT2D eigenvalue weighted by Crippen LogP contribution is 2.26. The first-order valence-electron chi connectivity index (χ1n) is 8.62. The summed E-state index contributed by atoms with van der Waals surface area (Å²) in [6.45, 7) is 3.51. The lowest BCUT2D eigenvalue weighted by molar-refractivity contribution is -0.137. The van der Waals surface area contributed by atoms with Crippen molar-refractivity contribution in [1.29, 1.82) is 0 Å². The molecule has 0 spiro atoms. The minimum Gasteiger partial charge on any atom is -0.494 e. The largest absolute Gasteiger partial charge is 0.494 e. The van der Waals surface area contributed by atoms with Crippen LogP contribution < -0.4 is 4.74 Å². The molecule has 0 aliphatic carbocycles. The smallest absolute Gasteiger partial charge is 0.222 e. The summed E-state index contributed by atoms with van der Waals surface area (Å²) < 4.78 is 16.8. The van der Waals surface area contributed by atoms with Gasteiger partial charge in [-0.15, -0.1) is 0 Å². The van der Waals surface area contributed by atoms with Crippen LogP contribution in [0.3, 0.4) is 0 Å². The molecule has 5 nitrogen and oxygen atoms in total. The molecule has 0 atom stereocenters. The maximum absolute atomic E-state index is 12.3. The first kappa shape index (κ1) is 17.5. The van der Waals surface area contributed by atoms with Crippen molar-refractivity contribution < 1.29 is 19.0 Å². The number of nitrogens with zero attached hydrogens (tertiary/aromatic N) is 1. The summed E-state index contributed by atoms with van der Waals surface area (Å²) in [6.07, 6.45) is 3.09. The normalized spacial score (nSPS) is 19.6. The molecule has 3 rings (SSSR count). The minimum absolute atomic E-state index is 0.0602. The van der Waals surface area contributed by atoms with E-state index in [1.807, 2.05) is 17.0 Å². The lowest BCUT2D eigenvalue weighted by Crippen LogP contribution is -2.41. The van der Waals surface area contributed by atoms with E-state index in [-0.39, 0.29) is 12.2 Å². The van der Waals surface area contributed by atoms with E-state index >= 15 is 0 Å². The van der Waals surface area contributed by atoms with Gasteiger partial charge in [0.25, 0.3) is 0 Å². The summed E-state index contributed by atoms with van der Waals surface area (Å²) >= 11 is 5.83. The van der Waals surface area contributed by atoms with Gasteiger partial charge in [-0.2, -0.15) is 0 Å². The Morgan fingerprint density at radius 2 is 1.83 bits per heavy atom. The van der Waals surface area contributed by atoms with E-state index < -0.39 is 0 Å². The zero-order valence-corrected chi connectivity index (χ0v) is 14.5. The van der Waals surface area contributed by atoms with Gasteiger partial charge in [0.1, 0.15) is 5.75 Å². The van der Waals surface area contributed by atoms with Crippen LogP contribution in [0, 0.1) is 5.92 Å². The lowest BCUT2D eigenvalue weighted by atomic mass is 9.96. The first-order chi connectivity index (χ1) is 11.7. The van der Waals surface area contributed by atoms with Crippen molar-refractivity contribution >= 4 is 17.5 Å². The maximum atomic E-state index is 12.3. The molecule has 2 aliphatic heterocycles. The van der Waals surface area contributed by atoms with Gasteiger partial charge in [0.05, 0.1) is 19.8 Å². The van der Waals surface area contributed by atoms with Crippen molar-refractivity contribution in [2.75, 3.05) is 32.9 Å². The van der Waals surface area contributed by atoms with Gasteiger partial charge in [-0.05, 0) is 43.5 Å². The zero-order valence-electron chi connectivity index (χ0n) is 13.8. The Hall–Kier alpha value is -1.30. The molecule has 2 aliphatic rings. The van der Waals surface area contributed by atoms with Gasteiger partial charge in [0, 0.05) is 30.5 Å². The third-order valence-electron chi connectivity index (χ3n) is 4.54. The lowest BCUT2D eigenvalue weighted by Gasteiger charge is -2.33. The number of hydrogen-bond donors (Lipinski definition) is 0. The Kier molecular flexibility index (Phi) is 6.35. The molecule has 24 heavy (non-hydrogen) atoms. The van der Waals surface area contributed by atoms with Crippen LogP contribution in [0.4, 0.5) is 0 Å². The average molecular weight is 354 g/mol. The van der Waals surface area contributed by atoms with Crippen LogP contribution in [0.15, 0.2) is 24.3 Å². The van der Waals surface area contributed by atoms with Gasteiger partial charge in [-0.1, -0.05) is 11.6 Å². The number of benzene rings is 1. The molecular formula is C18H24ClNO4. The molecule has 0 bridgehead atoms. The highest BCUT2D eigenvalue weighted by molar-refractivity contribution is 6.30. The van der Waals surface area contributed by atoms with Gasteiger partial charge in [0.2, 0.25) is 5.91 Å². The van der Waals surface area contributed by atoms with E-state index in [0.717, 1.165) is 38.1 Å². The second kappa shape index (κ2) is 8.70. The molecule has 0 unspecified atom stereocenters. The molecule has 0 N–H and O–H groups in total. The van der Waals surface area contributed by atoms with Gasteiger partial charge in [0.15, 0.2) is 6.29 Å². The summed E-state index contributed by atoms with van der Waals surface area (Å²) in [6, 6.07) is 7.26. The number of halogens is 1. The fraction of sp³-hybridized carbons (Fsp3) is 0.611. The van der Waals surface area contributed by atoms with E-state index in [4.69, 9.17) is 25.8 Å². The number of rotatable bonds is 6. The number of ether oxygens (including phenoxy) is 3. The Labute approximate surface area is 147 Å². The SMILES string of the molecule is O=C(CCCOc1ccc(Cl)cc1)N1CCC(C2OCCO2)CC1. The van der Waals surface area contributed by atoms with Crippen molar-refractivity contribution in [1.82, 2.24) is 4.90 Å². The molecule has 2 heterocycles. The van der Waals surface area contributed by atoms with Gasteiger partial charge in [-0.3, -0.25) is 4.79 Å². The molecule has 2 fully saturated rings. The molecule has 1 aromatic carbocycles. The minimum atomic E-state index is -0.0602. The predicted molar refractivity (Wildman–Crippen MR) is 91.2 cm³/mol. The van der Waals surface area contributed by atoms with E-state index in [0.29, 0.717) is 37.2 Å². The maximum Gasteiger partial charge on any atom is 0.222 e. The van der Waals surface area contributed by atoms with Crippen molar-refractivity contribution in [3.05, 3.63) is 29.3 Å². The molecule has 0 saturated carbocycles. The first-order valence-corrected chi connectivity index (χ1v) is 8.99. The number of likely N-dealkylation sites (tertiary alicyclic amines) is 1. The summed E-state index contributed by atoms with van der Waals surface area (Å²) in [5, 5.41) is 0.689. The second-order valence-electron chi connectivity index (χ2n) is 6.23. The summed E-state index contributed by atoms with van der Waals surface area (Å²) in [5.41, 5.74) is 0. The Morgan fingerprint density at radius 3 is 2.50 bits per heavy atom. The molecule has 1 aromatic rings. The molecular weight excluding hydrogens is 330 g/mol. The monoisotopic (exact) mass is 353 g/mol. The highest BCUT2D eigenvalue weighted by Gasteiger charge is 2.31. The third kappa shape index (κ3) is 4.85. The standard InChI is InChI=1S/C18H24ClNO4/c19-15-3-5-16(6-4-15)22-11-1-2-17(21)20-9-7-14(8-10-20)18-23-12-13-24-18/h3-6,14,18H,1-2,7-13H2. The van der Waals surface area contributed by atoms with E-state index in [1.165, 1.54) is 0 Å². The fourth-order valence-corrected chi connectivity index (χ4v) is 3.30. The quantitative estimate of drug-likeness (QED) is 0.737. The molecule has 132 valence electrons. The summed E-state index contributed by atoms with van der Waals surface area (Å²) in [5.74, 6) is 1.41. The number of piperidine rings is 1. The topological polar surface area (TPSA) is 48.0 Å². The number of carbonyl (C=O) groups is 1. The molecule has 6 heteroatoms. The number of hydrogen-bond acceptors (Lipinski definition) is 4. The molecule has 1 amide bonds.